The molecule has 0 aliphatic rings. The standard InChI is InChI=1S/C3H2Cl.ClH.Zn/c1-2-3-4;;/h3H2;1H;/p-1. The van der Waals surface area contributed by atoms with Crippen molar-refractivity contribution in [2.75, 3.05) is 5.88 Å². The Balaban J connectivity index is -0.0000000450. The van der Waals surface area contributed by atoms with E-state index in [1.807, 2.05) is 5.92 Å². The smallest absolute Gasteiger partial charge is 0.0845 e. The van der Waals surface area contributed by atoms with Crippen LogP contribution in [0.5, 0.6) is 0 Å². The summed E-state index contributed by atoms with van der Waals surface area (Å²) < 4.78 is 0. The molecule has 0 aromatic carbocycles. The van der Waals surface area contributed by atoms with Crippen LogP contribution in [0.2, 0.25) is 0 Å². The van der Waals surface area contributed by atoms with Gasteiger partial charge in [0.1, 0.15) is 0 Å². The van der Waals surface area contributed by atoms with E-state index in [4.69, 9.17) is 18.0 Å². The SMILES string of the molecule is [C]#CCCl.[Cl-].[Zn]. The summed E-state index contributed by atoms with van der Waals surface area (Å²) in [5, 5.41) is 0. The summed E-state index contributed by atoms with van der Waals surface area (Å²) in [7, 11) is 0. The Morgan fingerprint density at radius 2 is 1.83 bits per heavy atom. The number of hydrogen-bond donors (Lipinski definition) is 0. The summed E-state index contributed by atoms with van der Waals surface area (Å²) in [6, 6.07) is 0. The van der Waals surface area contributed by atoms with E-state index in [1.54, 1.807) is 0 Å². The summed E-state index contributed by atoms with van der Waals surface area (Å²) in [6.07, 6.45) is 6.07. The van der Waals surface area contributed by atoms with Crippen LogP contribution in [0, 0.1) is 12.3 Å². The molecule has 0 aliphatic carbocycles. The van der Waals surface area contributed by atoms with Gasteiger partial charge in [-0.1, -0.05) is 5.92 Å². The van der Waals surface area contributed by atoms with Crippen LogP contribution in [0.4, 0.5) is 0 Å². The minimum Gasteiger partial charge on any atom is -1.00 e. The molecule has 1 radical (unpaired) electrons. The van der Waals surface area contributed by atoms with Gasteiger partial charge in [-0.15, -0.1) is 11.6 Å². The average molecular weight is 174 g/mol. The van der Waals surface area contributed by atoms with Crippen molar-refractivity contribution >= 4 is 11.6 Å². The van der Waals surface area contributed by atoms with Crippen molar-refractivity contribution in [3.05, 3.63) is 6.42 Å². The molecule has 0 heterocycles. The van der Waals surface area contributed by atoms with Gasteiger partial charge in [-0.25, -0.2) is 0 Å². The van der Waals surface area contributed by atoms with Crippen LogP contribution in [-0.4, -0.2) is 5.88 Å². The third-order valence-corrected chi connectivity index (χ3v) is 0.200. The second kappa shape index (κ2) is 17.1. The van der Waals surface area contributed by atoms with E-state index in [1.165, 1.54) is 0 Å². The molecule has 31 valence electrons. The third-order valence-electron chi connectivity index (χ3n) is 0.0668. The molecule has 0 bridgehead atoms. The molecule has 0 aromatic rings. The summed E-state index contributed by atoms with van der Waals surface area (Å²) in [5.74, 6) is 2.15. The fourth-order valence-corrected chi connectivity index (χ4v) is 0. The molecule has 0 aromatic heterocycles. The first-order valence-electron chi connectivity index (χ1n) is 0.871. The minimum atomic E-state index is 0. The van der Waals surface area contributed by atoms with Gasteiger partial charge in [0.25, 0.3) is 0 Å². The second-order valence-electron chi connectivity index (χ2n) is 0.310. The van der Waals surface area contributed by atoms with Gasteiger partial charge < -0.3 is 12.4 Å². The first-order valence-corrected chi connectivity index (χ1v) is 1.41. The van der Waals surface area contributed by atoms with Crippen molar-refractivity contribution in [3.63, 3.8) is 0 Å². The summed E-state index contributed by atoms with van der Waals surface area (Å²) in [4.78, 5) is 0. The first-order chi connectivity index (χ1) is 1.91. The van der Waals surface area contributed by atoms with Crippen LogP contribution in [0.3, 0.4) is 0 Å². The molecule has 0 rings (SSSR count). The molecule has 0 spiro atoms. The Labute approximate surface area is 61.8 Å². The molecular weight excluding hydrogens is 172 g/mol. The fourth-order valence-electron chi connectivity index (χ4n) is 0. The molecule has 0 unspecified atom stereocenters. The molecule has 0 saturated carbocycles. The summed E-state index contributed by atoms with van der Waals surface area (Å²) in [6.45, 7) is 0. The third kappa shape index (κ3) is 21.7. The molecule has 0 aliphatic heterocycles. The maximum atomic E-state index is 6.07. The van der Waals surface area contributed by atoms with Gasteiger partial charge in [0, 0.05) is 19.5 Å². The van der Waals surface area contributed by atoms with E-state index < -0.39 is 0 Å². The normalized spacial score (nSPS) is 3.33. The topological polar surface area (TPSA) is 0 Å². The van der Waals surface area contributed by atoms with Crippen LogP contribution in [0.25, 0.3) is 0 Å². The summed E-state index contributed by atoms with van der Waals surface area (Å²) in [5.41, 5.74) is 0. The molecule has 0 fully saturated rings. The van der Waals surface area contributed by atoms with E-state index in [2.05, 4.69) is 0 Å². The summed E-state index contributed by atoms with van der Waals surface area (Å²) >= 11 is 4.89. The van der Waals surface area contributed by atoms with Crippen molar-refractivity contribution in [2.24, 2.45) is 0 Å². The van der Waals surface area contributed by atoms with Crippen LogP contribution in [0.15, 0.2) is 0 Å². The van der Waals surface area contributed by atoms with Gasteiger partial charge in [0.15, 0.2) is 0 Å². The van der Waals surface area contributed by atoms with E-state index in [0.717, 1.165) is 0 Å². The zero-order chi connectivity index (χ0) is 3.41. The van der Waals surface area contributed by atoms with E-state index in [-0.39, 0.29) is 37.8 Å². The van der Waals surface area contributed by atoms with Gasteiger partial charge in [-0.3, -0.25) is 0 Å². The Kier molecular flexibility index (Phi) is 45.3. The molecule has 3 heteroatoms. The van der Waals surface area contributed by atoms with Gasteiger partial charge in [0.2, 0.25) is 0 Å². The molecule has 0 amide bonds. The van der Waals surface area contributed by atoms with Crippen LogP contribution in [-0.2, 0) is 19.5 Å². The maximum Gasteiger partial charge on any atom is 0.0845 e. The molecule has 0 saturated heterocycles. The van der Waals surface area contributed by atoms with Crippen LogP contribution >= 0.6 is 11.6 Å². The van der Waals surface area contributed by atoms with Gasteiger partial charge in [-0.2, -0.15) is 0 Å². The zero-order valence-corrected chi connectivity index (χ0v) is 7.65. The Hall–Kier alpha value is 0.763. The van der Waals surface area contributed by atoms with Crippen molar-refractivity contribution in [1.29, 1.82) is 0 Å². The monoisotopic (exact) mass is 172 g/mol. The van der Waals surface area contributed by atoms with Crippen molar-refractivity contribution in [2.45, 2.75) is 0 Å². The number of hydrogen-bond acceptors (Lipinski definition) is 0. The first kappa shape index (κ1) is 15.9. The zero-order valence-electron chi connectivity index (χ0n) is 3.17. The minimum absolute atomic E-state index is 0. The van der Waals surface area contributed by atoms with E-state index in [0.29, 0.717) is 0 Å². The predicted octanol–water partition coefficient (Wildman–Crippen LogP) is -2.18. The fraction of sp³-hybridized carbons (Fsp3) is 0.333. The molecule has 0 nitrogen and oxygen atoms in total. The quantitative estimate of drug-likeness (QED) is 0.222. The van der Waals surface area contributed by atoms with Crippen molar-refractivity contribution in [1.82, 2.24) is 0 Å². The molecule has 0 N–H and O–H groups in total. The van der Waals surface area contributed by atoms with Crippen molar-refractivity contribution < 1.29 is 31.9 Å². The number of alkyl halides is 1. The number of rotatable bonds is 0. The second-order valence-corrected chi connectivity index (χ2v) is 0.578. The Morgan fingerprint density at radius 3 is 1.83 bits per heavy atom. The average Bonchev–Trinajstić information content (AvgIpc) is 1.37. The molecule has 6 heavy (non-hydrogen) atoms. The van der Waals surface area contributed by atoms with Crippen molar-refractivity contribution in [3.8, 4) is 5.92 Å². The molecular formula is C3H2Cl2Zn-. The Bertz CT molecular complexity index is 38.5. The largest absolute Gasteiger partial charge is 1.00 e. The van der Waals surface area contributed by atoms with Crippen LogP contribution in [0.1, 0.15) is 0 Å². The van der Waals surface area contributed by atoms with E-state index in [9.17, 15) is 0 Å². The molecule has 0 atom stereocenters. The van der Waals surface area contributed by atoms with Gasteiger partial charge >= 0.3 is 0 Å². The van der Waals surface area contributed by atoms with E-state index >= 15 is 0 Å². The van der Waals surface area contributed by atoms with Gasteiger partial charge in [-0.05, 0) is 6.42 Å². The van der Waals surface area contributed by atoms with Gasteiger partial charge in [0.05, 0.1) is 5.88 Å². The van der Waals surface area contributed by atoms with Crippen LogP contribution < -0.4 is 12.4 Å². The predicted molar refractivity (Wildman–Crippen MR) is 17.9 cm³/mol. The number of halogens is 2. The maximum absolute atomic E-state index is 6.07. The Morgan fingerprint density at radius 1 is 1.67 bits per heavy atom.